The third kappa shape index (κ3) is 4.40. The lowest BCUT2D eigenvalue weighted by atomic mass is 10.1. The first-order valence-corrected chi connectivity index (χ1v) is 10.7. The Morgan fingerprint density at radius 2 is 2.00 bits per heavy atom. The summed E-state index contributed by atoms with van der Waals surface area (Å²) >= 11 is 6.16. The fourth-order valence-corrected chi connectivity index (χ4v) is 3.96. The molecule has 0 spiro atoms. The van der Waals surface area contributed by atoms with E-state index in [0.717, 1.165) is 6.07 Å². The van der Waals surface area contributed by atoms with Gasteiger partial charge in [0.1, 0.15) is 23.8 Å². The number of nitrogens with one attached hydrogen (secondary N) is 1. The number of benzene rings is 1. The van der Waals surface area contributed by atoms with Crippen molar-refractivity contribution < 1.29 is 18.3 Å². The predicted octanol–water partition coefficient (Wildman–Crippen LogP) is 2.79. The summed E-state index contributed by atoms with van der Waals surface area (Å²) in [6, 6.07) is 3.64. The van der Waals surface area contributed by atoms with Gasteiger partial charge < -0.3 is 20.7 Å². The number of amides is 1. The lowest BCUT2D eigenvalue weighted by Gasteiger charge is -2.28. The van der Waals surface area contributed by atoms with Gasteiger partial charge in [-0.05, 0) is 38.9 Å². The smallest absolute Gasteiger partial charge is 0.258 e. The number of piperidine rings is 1. The van der Waals surface area contributed by atoms with Crippen molar-refractivity contribution in [2.24, 2.45) is 5.73 Å². The number of aromatic nitrogens is 2. The minimum atomic E-state index is -1.25. The molecule has 0 saturated carbocycles. The van der Waals surface area contributed by atoms with Gasteiger partial charge >= 0.3 is 0 Å². The SMILES string of the molecule is Cc1nc(C2=C(N)CN(C(=O)c3ccc(F)cc3OC3CCNC[C@H]3F)C2)nc(C)c1Cl. The molecule has 0 aliphatic carbocycles. The van der Waals surface area contributed by atoms with Crippen molar-refractivity contribution >= 4 is 23.1 Å². The first kappa shape index (κ1) is 22.4. The van der Waals surface area contributed by atoms with Crippen LogP contribution in [0.15, 0.2) is 23.9 Å². The number of nitrogens with two attached hydrogens (primary N) is 1. The van der Waals surface area contributed by atoms with E-state index in [0.29, 0.717) is 46.5 Å². The fourth-order valence-electron chi connectivity index (χ4n) is 3.88. The summed E-state index contributed by atoms with van der Waals surface area (Å²) in [6.45, 7) is 4.63. The van der Waals surface area contributed by atoms with E-state index in [-0.39, 0.29) is 30.9 Å². The van der Waals surface area contributed by atoms with E-state index >= 15 is 0 Å². The number of alkyl halides is 1. The van der Waals surface area contributed by atoms with E-state index < -0.39 is 24.0 Å². The summed E-state index contributed by atoms with van der Waals surface area (Å²) in [7, 11) is 0. The van der Waals surface area contributed by atoms with Gasteiger partial charge in [-0.15, -0.1) is 0 Å². The highest BCUT2D eigenvalue weighted by Gasteiger charge is 2.32. The Balaban J connectivity index is 1.57. The first-order chi connectivity index (χ1) is 15.2. The van der Waals surface area contributed by atoms with E-state index in [1.54, 1.807) is 13.8 Å². The van der Waals surface area contributed by atoms with Crippen LogP contribution in [0.4, 0.5) is 8.78 Å². The summed E-state index contributed by atoms with van der Waals surface area (Å²) in [4.78, 5) is 23.6. The minimum Gasteiger partial charge on any atom is -0.486 e. The van der Waals surface area contributed by atoms with Gasteiger partial charge in [0.15, 0.2) is 5.82 Å². The number of hydrogen-bond donors (Lipinski definition) is 2. The average Bonchev–Trinajstić information content (AvgIpc) is 3.14. The fraction of sp³-hybridized carbons (Fsp3) is 0.409. The molecule has 1 unspecified atom stereocenters. The van der Waals surface area contributed by atoms with Gasteiger partial charge in [0.25, 0.3) is 5.91 Å². The zero-order valence-electron chi connectivity index (χ0n) is 17.8. The Morgan fingerprint density at radius 3 is 2.69 bits per heavy atom. The average molecular weight is 464 g/mol. The molecular weight excluding hydrogens is 440 g/mol. The van der Waals surface area contributed by atoms with E-state index in [1.165, 1.54) is 17.0 Å². The van der Waals surface area contributed by atoms with Crippen LogP contribution >= 0.6 is 11.6 Å². The van der Waals surface area contributed by atoms with Crippen molar-refractivity contribution in [3.63, 3.8) is 0 Å². The zero-order valence-corrected chi connectivity index (χ0v) is 18.5. The number of rotatable bonds is 4. The van der Waals surface area contributed by atoms with Crippen LogP contribution in [0.2, 0.25) is 5.02 Å². The summed E-state index contributed by atoms with van der Waals surface area (Å²) in [6.07, 6.45) is -1.59. The normalized spacial score (nSPS) is 21.2. The molecule has 2 atom stereocenters. The van der Waals surface area contributed by atoms with Gasteiger partial charge in [0, 0.05) is 23.9 Å². The largest absolute Gasteiger partial charge is 0.486 e. The van der Waals surface area contributed by atoms with E-state index in [1.807, 2.05) is 0 Å². The monoisotopic (exact) mass is 463 g/mol. The van der Waals surface area contributed by atoms with Crippen LogP contribution in [-0.2, 0) is 0 Å². The Hall–Kier alpha value is -2.78. The second kappa shape index (κ2) is 8.99. The molecule has 1 saturated heterocycles. The highest BCUT2D eigenvalue weighted by molar-refractivity contribution is 6.31. The van der Waals surface area contributed by atoms with Gasteiger partial charge in [-0.1, -0.05) is 11.6 Å². The van der Waals surface area contributed by atoms with Crippen LogP contribution in [0.3, 0.4) is 0 Å². The molecule has 7 nitrogen and oxygen atoms in total. The molecule has 2 aliphatic rings. The molecule has 3 N–H and O–H groups in total. The van der Waals surface area contributed by atoms with Crippen molar-refractivity contribution in [1.82, 2.24) is 20.2 Å². The minimum absolute atomic E-state index is 0.0194. The quantitative estimate of drug-likeness (QED) is 0.724. The van der Waals surface area contributed by atoms with Crippen molar-refractivity contribution in [3.05, 3.63) is 57.5 Å². The topological polar surface area (TPSA) is 93.4 Å². The van der Waals surface area contributed by atoms with Crippen molar-refractivity contribution in [3.8, 4) is 5.75 Å². The van der Waals surface area contributed by atoms with Gasteiger partial charge in [-0.3, -0.25) is 4.79 Å². The number of carbonyl (C=O) groups excluding carboxylic acids is 1. The Bertz CT molecular complexity index is 1070. The molecule has 1 fully saturated rings. The highest BCUT2D eigenvalue weighted by Crippen LogP contribution is 2.30. The molecule has 1 aromatic heterocycles. The van der Waals surface area contributed by atoms with Gasteiger partial charge in [0.05, 0.1) is 35.1 Å². The Kier molecular flexibility index (Phi) is 6.30. The summed E-state index contributed by atoms with van der Waals surface area (Å²) in [5, 5.41) is 3.42. The molecular formula is C22H24ClF2N5O2. The summed E-state index contributed by atoms with van der Waals surface area (Å²) in [5.41, 5.74) is 8.70. The van der Waals surface area contributed by atoms with Crippen molar-refractivity contribution in [2.75, 3.05) is 26.2 Å². The van der Waals surface area contributed by atoms with Crippen LogP contribution in [0, 0.1) is 19.7 Å². The lowest BCUT2D eigenvalue weighted by Crippen LogP contribution is -2.44. The standard InChI is InChI=1S/C22H24ClF2N5O2/c1-11-20(23)12(2)29-21(28-11)15-9-30(10-17(15)26)22(31)14-4-3-13(24)7-19(14)32-18-5-6-27-8-16(18)25/h3-4,7,16,18,27H,5-6,8-10,26H2,1-2H3/t16-,18?/m1/s1. The van der Waals surface area contributed by atoms with Gasteiger partial charge in [-0.2, -0.15) is 0 Å². The molecule has 1 amide bonds. The predicted molar refractivity (Wildman–Crippen MR) is 117 cm³/mol. The number of nitrogens with zero attached hydrogens (tertiary/aromatic N) is 3. The van der Waals surface area contributed by atoms with Crippen LogP contribution in [0.5, 0.6) is 5.75 Å². The van der Waals surface area contributed by atoms with E-state index in [9.17, 15) is 13.6 Å². The summed E-state index contributed by atoms with van der Waals surface area (Å²) < 4.78 is 33.9. The first-order valence-electron chi connectivity index (χ1n) is 10.3. The van der Waals surface area contributed by atoms with Crippen LogP contribution < -0.4 is 15.8 Å². The number of carbonyl (C=O) groups is 1. The number of aryl methyl sites for hydroxylation is 2. The number of hydrogen-bond acceptors (Lipinski definition) is 6. The third-order valence-electron chi connectivity index (χ3n) is 5.64. The zero-order chi connectivity index (χ0) is 23.0. The second-order valence-electron chi connectivity index (χ2n) is 8.00. The van der Waals surface area contributed by atoms with Crippen LogP contribution in [-0.4, -0.2) is 59.2 Å². The molecule has 4 rings (SSSR count). The molecule has 3 heterocycles. The highest BCUT2D eigenvalue weighted by atomic mass is 35.5. The third-order valence-corrected chi connectivity index (χ3v) is 6.19. The maximum atomic E-state index is 14.2. The molecule has 1 aromatic carbocycles. The lowest BCUT2D eigenvalue weighted by molar-refractivity contribution is 0.0676. The molecule has 170 valence electrons. The van der Waals surface area contributed by atoms with E-state index in [2.05, 4.69) is 15.3 Å². The molecule has 0 bridgehead atoms. The Labute approximate surface area is 189 Å². The molecule has 0 radical (unpaired) electrons. The molecule has 32 heavy (non-hydrogen) atoms. The molecule has 10 heteroatoms. The van der Waals surface area contributed by atoms with Crippen LogP contribution in [0.1, 0.15) is 34.0 Å². The number of halogens is 3. The summed E-state index contributed by atoms with van der Waals surface area (Å²) in [5.74, 6) is -0.528. The maximum Gasteiger partial charge on any atom is 0.258 e. The van der Waals surface area contributed by atoms with Crippen molar-refractivity contribution in [1.29, 1.82) is 0 Å². The second-order valence-corrected chi connectivity index (χ2v) is 8.38. The molecule has 2 aliphatic heterocycles. The van der Waals surface area contributed by atoms with Crippen LogP contribution in [0.25, 0.3) is 5.57 Å². The Morgan fingerprint density at radius 1 is 1.28 bits per heavy atom. The number of ether oxygens (including phenoxy) is 1. The van der Waals surface area contributed by atoms with Gasteiger partial charge in [0.2, 0.25) is 0 Å². The molecule has 2 aromatic rings. The van der Waals surface area contributed by atoms with Crippen molar-refractivity contribution in [2.45, 2.75) is 32.5 Å². The van der Waals surface area contributed by atoms with Gasteiger partial charge in [-0.25, -0.2) is 18.7 Å². The van der Waals surface area contributed by atoms with E-state index in [4.69, 9.17) is 22.1 Å². The maximum absolute atomic E-state index is 14.2.